The average Bonchev–Trinajstić information content (AvgIpc) is 2.63. The number of nitrogens with zero attached hydrogens (tertiary/aromatic N) is 2. The van der Waals surface area contributed by atoms with E-state index in [1.807, 2.05) is 0 Å². The Bertz CT molecular complexity index is 291. The van der Waals surface area contributed by atoms with Crippen molar-refractivity contribution in [3.05, 3.63) is 0 Å². The van der Waals surface area contributed by atoms with Crippen LogP contribution in [0, 0.1) is 5.92 Å². The molecule has 1 aliphatic rings. The van der Waals surface area contributed by atoms with E-state index in [9.17, 15) is 4.79 Å². The van der Waals surface area contributed by atoms with Gasteiger partial charge in [0.2, 0.25) is 5.91 Å². The summed E-state index contributed by atoms with van der Waals surface area (Å²) >= 11 is 0. The topological polar surface area (TPSA) is 35.6 Å². The molecule has 4 heteroatoms. The van der Waals surface area contributed by atoms with Crippen molar-refractivity contribution >= 4 is 5.91 Å². The first-order valence-electron chi connectivity index (χ1n) is 7.65. The molecule has 1 saturated heterocycles. The summed E-state index contributed by atoms with van der Waals surface area (Å²) in [5.41, 5.74) is 0. The summed E-state index contributed by atoms with van der Waals surface area (Å²) in [4.78, 5) is 16.9. The van der Waals surface area contributed by atoms with Crippen LogP contribution >= 0.6 is 0 Å². The predicted molar refractivity (Wildman–Crippen MR) is 79.9 cm³/mol. The van der Waals surface area contributed by atoms with Crippen LogP contribution in [0.2, 0.25) is 0 Å². The molecule has 4 nitrogen and oxygen atoms in total. The summed E-state index contributed by atoms with van der Waals surface area (Å²) in [6.45, 7) is 9.64. The Morgan fingerprint density at radius 1 is 1.32 bits per heavy atom. The summed E-state index contributed by atoms with van der Waals surface area (Å²) in [7, 11) is 4.15. The lowest BCUT2D eigenvalue weighted by Crippen LogP contribution is -2.51. The van der Waals surface area contributed by atoms with Gasteiger partial charge < -0.3 is 9.80 Å². The molecule has 0 saturated carbocycles. The third-order valence-corrected chi connectivity index (χ3v) is 3.93. The summed E-state index contributed by atoms with van der Waals surface area (Å²) in [5.74, 6) is 0.775. The average molecular weight is 269 g/mol. The SMILES string of the molecule is CCCC1NC(CC)N(C(CN(C)C)C(C)C)C1=O. The number of rotatable bonds is 7. The van der Waals surface area contributed by atoms with Gasteiger partial charge in [0, 0.05) is 12.6 Å². The van der Waals surface area contributed by atoms with Gasteiger partial charge in [-0.15, -0.1) is 0 Å². The van der Waals surface area contributed by atoms with Crippen molar-refractivity contribution in [1.82, 2.24) is 15.1 Å². The summed E-state index contributed by atoms with van der Waals surface area (Å²) in [6, 6.07) is 0.320. The maximum Gasteiger partial charge on any atom is 0.241 e. The third kappa shape index (κ3) is 3.93. The Kier molecular flexibility index (Phi) is 6.27. The maximum absolute atomic E-state index is 12.6. The zero-order chi connectivity index (χ0) is 14.6. The van der Waals surface area contributed by atoms with E-state index in [0.717, 1.165) is 25.8 Å². The Morgan fingerprint density at radius 2 is 1.95 bits per heavy atom. The number of carbonyl (C=O) groups is 1. The Hall–Kier alpha value is -0.610. The molecule has 1 heterocycles. The Morgan fingerprint density at radius 3 is 2.37 bits per heavy atom. The standard InChI is InChI=1S/C15H31N3O/c1-7-9-12-15(19)18(14(8-2)16-12)13(11(3)4)10-17(5)6/h11-14,16H,7-10H2,1-6H3. The highest BCUT2D eigenvalue weighted by Gasteiger charge is 2.41. The van der Waals surface area contributed by atoms with E-state index in [2.05, 4.69) is 56.9 Å². The van der Waals surface area contributed by atoms with Crippen LogP contribution in [0.5, 0.6) is 0 Å². The monoisotopic (exact) mass is 269 g/mol. The van der Waals surface area contributed by atoms with Gasteiger partial charge in [-0.3, -0.25) is 10.1 Å². The van der Waals surface area contributed by atoms with E-state index in [4.69, 9.17) is 0 Å². The second-order valence-electron chi connectivity index (χ2n) is 6.25. The van der Waals surface area contributed by atoms with Crippen LogP contribution < -0.4 is 5.32 Å². The predicted octanol–water partition coefficient (Wildman–Crippen LogP) is 1.91. The van der Waals surface area contributed by atoms with Crippen LogP contribution in [0.15, 0.2) is 0 Å². The summed E-state index contributed by atoms with van der Waals surface area (Å²) in [5, 5.41) is 3.51. The smallest absolute Gasteiger partial charge is 0.241 e. The first-order chi connectivity index (χ1) is 8.92. The minimum Gasteiger partial charge on any atom is -0.321 e. The van der Waals surface area contributed by atoms with Crippen molar-refractivity contribution in [1.29, 1.82) is 0 Å². The van der Waals surface area contributed by atoms with Crippen molar-refractivity contribution < 1.29 is 4.79 Å². The van der Waals surface area contributed by atoms with Crippen LogP contribution in [0.4, 0.5) is 0 Å². The van der Waals surface area contributed by atoms with Gasteiger partial charge >= 0.3 is 0 Å². The van der Waals surface area contributed by atoms with E-state index < -0.39 is 0 Å². The van der Waals surface area contributed by atoms with Crippen molar-refractivity contribution in [2.75, 3.05) is 20.6 Å². The maximum atomic E-state index is 12.6. The van der Waals surface area contributed by atoms with Crippen LogP contribution in [0.1, 0.15) is 47.0 Å². The molecule has 1 fully saturated rings. The molecule has 19 heavy (non-hydrogen) atoms. The zero-order valence-corrected chi connectivity index (χ0v) is 13.4. The lowest BCUT2D eigenvalue weighted by molar-refractivity contribution is -0.133. The first-order valence-corrected chi connectivity index (χ1v) is 7.65. The Labute approximate surface area is 118 Å². The lowest BCUT2D eigenvalue weighted by Gasteiger charge is -2.36. The molecule has 1 aliphatic heterocycles. The minimum absolute atomic E-state index is 0.0263. The molecule has 1 amide bonds. The fourth-order valence-electron chi connectivity index (χ4n) is 2.92. The van der Waals surface area contributed by atoms with E-state index in [0.29, 0.717) is 17.9 Å². The highest BCUT2D eigenvalue weighted by molar-refractivity contribution is 5.84. The van der Waals surface area contributed by atoms with Crippen LogP contribution in [-0.4, -0.2) is 54.6 Å². The number of carbonyl (C=O) groups excluding carboxylic acids is 1. The molecule has 0 aromatic rings. The highest BCUT2D eigenvalue weighted by atomic mass is 16.2. The van der Waals surface area contributed by atoms with E-state index in [1.54, 1.807) is 0 Å². The molecule has 1 rings (SSSR count). The van der Waals surface area contributed by atoms with Crippen molar-refractivity contribution in [2.45, 2.75) is 65.2 Å². The number of amides is 1. The van der Waals surface area contributed by atoms with Crippen molar-refractivity contribution in [3.63, 3.8) is 0 Å². The highest BCUT2D eigenvalue weighted by Crippen LogP contribution is 2.23. The van der Waals surface area contributed by atoms with Gasteiger partial charge in [0.05, 0.1) is 12.2 Å². The fraction of sp³-hybridized carbons (Fsp3) is 0.933. The van der Waals surface area contributed by atoms with Crippen molar-refractivity contribution in [2.24, 2.45) is 5.92 Å². The molecule has 112 valence electrons. The second-order valence-corrected chi connectivity index (χ2v) is 6.25. The molecule has 0 aromatic heterocycles. The first kappa shape index (κ1) is 16.4. The number of nitrogens with one attached hydrogen (secondary N) is 1. The quantitative estimate of drug-likeness (QED) is 0.767. The largest absolute Gasteiger partial charge is 0.321 e. The van der Waals surface area contributed by atoms with Gasteiger partial charge in [-0.05, 0) is 32.9 Å². The van der Waals surface area contributed by atoms with E-state index >= 15 is 0 Å². The number of hydrogen-bond acceptors (Lipinski definition) is 3. The Balaban J connectivity index is 2.89. The van der Waals surface area contributed by atoms with E-state index in [1.165, 1.54) is 0 Å². The second kappa shape index (κ2) is 7.25. The molecule has 0 bridgehead atoms. The number of likely N-dealkylation sites (N-methyl/N-ethyl adjacent to an activating group) is 1. The van der Waals surface area contributed by atoms with Gasteiger partial charge in [-0.25, -0.2) is 0 Å². The third-order valence-electron chi connectivity index (χ3n) is 3.93. The zero-order valence-electron chi connectivity index (χ0n) is 13.4. The van der Waals surface area contributed by atoms with Gasteiger partial charge in [0.15, 0.2) is 0 Å². The molecular weight excluding hydrogens is 238 g/mol. The molecule has 1 N–H and O–H groups in total. The lowest BCUT2D eigenvalue weighted by atomic mass is 10.0. The molecular formula is C15H31N3O. The van der Waals surface area contributed by atoms with Gasteiger partial charge in [0.25, 0.3) is 0 Å². The summed E-state index contributed by atoms with van der Waals surface area (Å²) < 4.78 is 0. The molecule has 3 unspecified atom stereocenters. The van der Waals surface area contributed by atoms with Gasteiger partial charge in [-0.1, -0.05) is 34.1 Å². The molecule has 0 aromatic carbocycles. The van der Waals surface area contributed by atoms with E-state index in [-0.39, 0.29) is 12.2 Å². The molecule has 0 aliphatic carbocycles. The van der Waals surface area contributed by atoms with Crippen LogP contribution in [-0.2, 0) is 4.79 Å². The molecule has 0 radical (unpaired) electrons. The van der Waals surface area contributed by atoms with Crippen LogP contribution in [0.3, 0.4) is 0 Å². The fourth-order valence-corrected chi connectivity index (χ4v) is 2.92. The van der Waals surface area contributed by atoms with Crippen molar-refractivity contribution in [3.8, 4) is 0 Å². The van der Waals surface area contributed by atoms with Crippen LogP contribution in [0.25, 0.3) is 0 Å². The van der Waals surface area contributed by atoms with Gasteiger partial charge in [0.1, 0.15) is 0 Å². The summed E-state index contributed by atoms with van der Waals surface area (Å²) in [6.07, 6.45) is 3.17. The molecule has 3 atom stereocenters. The minimum atomic E-state index is 0.0263. The van der Waals surface area contributed by atoms with Gasteiger partial charge in [-0.2, -0.15) is 0 Å². The number of hydrogen-bond donors (Lipinski definition) is 1. The molecule has 0 spiro atoms. The normalized spacial score (nSPS) is 25.7.